The summed E-state index contributed by atoms with van der Waals surface area (Å²) in [5, 5.41) is 12.2. The third kappa shape index (κ3) is 2.36. The summed E-state index contributed by atoms with van der Waals surface area (Å²) in [6, 6.07) is -0.569. The van der Waals surface area contributed by atoms with Gasteiger partial charge >= 0.3 is 5.97 Å². The van der Waals surface area contributed by atoms with Crippen molar-refractivity contribution in [2.24, 2.45) is 0 Å². The molecule has 1 aromatic rings. The summed E-state index contributed by atoms with van der Waals surface area (Å²) in [6.07, 6.45) is 1.64. The molecule has 0 aliphatic carbocycles. The van der Waals surface area contributed by atoms with E-state index in [0.29, 0.717) is 18.9 Å². The van der Waals surface area contributed by atoms with Gasteiger partial charge in [-0.3, -0.25) is 4.98 Å². The van der Waals surface area contributed by atoms with Crippen LogP contribution in [0.15, 0.2) is 6.20 Å². The highest BCUT2D eigenvalue weighted by Crippen LogP contribution is 2.16. The Hall–Kier alpha value is -1.69. The lowest BCUT2D eigenvalue weighted by Crippen LogP contribution is -2.55. The maximum absolute atomic E-state index is 11.2. The number of piperazine rings is 1. The Balaban J connectivity index is 2.29. The molecule has 1 unspecified atom stereocenters. The van der Waals surface area contributed by atoms with Crippen molar-refractivity contribution < 1.29 is 9.90 Å². The summed E-state index contributed by atoms with van der Waals surface area (Å²) in [5.41, 5.74) is 1.71. The van der Waals surface area contributed by atoms with Crippen LogP contribution < -0.4 is 10.2 Å². The molecule has 6 heteroatoms. The third-order valence-electron chi connectivity index (χ3n) is 3.00. The van der Waals surface area contributed by atoms with Gasteiger partial charge in [0.1, 0.15) is 11.9 Å². The minimum absolute atomic E-state index is 0.434. The van der Waals surface area contributed by atoms with Crippen LogP contribution in [0.25, 0.3) is 0 Å². The van der Waals surface area contributed by atoms with Crippen molar-refractivity contribution in [3.63, 3.8) is 0 Å². The normalized spacial score (nSPS) is 20.4. The van der Waals surface area contributed by atoms with Crippen LogP contribution in [-0.4, -0.2) is 46.7 Å². The predicted octanol–water partition coefficient (Wildman–Crippen LogP) is -0.0438. The van der Waals surface area contributed by atoms with E-state index in [1.54, 1.807) is 11.1 Å². The monoisotopic (exact) mass is 236 g/mol. The minimum Gasteiger partial charge on any atom is -0.480 e. The van der Waals surface area contributed by atoms with Crippen LogP contribution in [0.3, 0.4) is 0 Å². The number of aliphatic carboxylic acids is 1. The van der Waals surface area contributed by atoms with Gasteiger partial charge in [0.05, 0.1) is 17.6 Å². The van der Waals surface area contributed by atoms with Gasteiger partial charge in [0.2, 0.25) is 0 Å². The number of hydrogen-bond acceptors (Lipinski definition) is 5. The zero-order chi connectivity index (χ0) is 12.4. The molecule has 2 N–H and O–H groups in total. The second kappa shape index (κ2) is 4.67. The largest absolute Gasteiger partial charge is 0.480 e. The van der Waals surface area contributed by atoms with Gasteiger partial charge in [-0.25, -0.2) is 9.78 Å². The van der Waals surface area contributed by atoms with E-state index in [1.165, 1.54) is 0 Å². The lowest BCUT2D eigenvalue weighted by molar-refractivity contribution is -0.138. The van der Waals surface area contributed by atoms with Gasteiger partial charge in [-0.15, -0.1) is 0 Å². The van der Waals surface area contributed by atoms with E-state index in [2.05, 4.69) is 15.3 Å². The molecule has 0 spiro atoms. The van der Waals surface area contributed by atoms with Crippen LogP contribution in [0.4, 0.5) is 5.82 Å². The number of nitrogens with one attached hydrogen (secondary N) is 1. The van der Waals surface area contributed by atoms with Crippen molar-refractivity contribution in [1.82, 2.24) is 15.3 Å². The number of carboxylic acid groups (broad SMARTS) is 1. The molecule has 1 atom stereocenters. The lowest BCUT2D eigenvalue weighted by Gasteiger charge is -2.34. The van der Waals surface area contributed by atoms with Gasteiger partial charge in [0.15, 0.2) is 0 Å². The molecule has 1 fully saturated rings. The first kappa shape index (κ1) is 11.8. The molecule has 1 aliphatic heterocycles. The summed E-state index contributed by atoms with van der Waals surface area (Å²) < 4.78 is 0. The Bertz CT molecular complexity index is 435. The molecule has 1 aliphatic rings. The summed E-state index contributed by atoms with van der Waals surface area (Å²) in [7, 11) is 0. The molecule has 92 valence electrons. The SMILES string of the molecule is Cc1ncc(N2CCNCC2C(=O)O)nc1C. The highest BCUT2D eigenvalue weighted by Gasteiger charge is 2.29. The smallest absolute Gasteiger partial charge is 0.327 e. The van der Waals surface area contributed by atoms with Gasteiger partial charge in [0.25, 0.3) is 0 Å². The second-order valence-electron chi connectivity index (χ2n) is 4.15. The van der Waals surface area contributed by atoms with Crippen LogP contribution in [0.5, 0.6) is 0 Å². The Labute approximate surface area is 99.7 Å². The van der Waals surface area contributed by atoms with Gasteiger partial charge in [-0.1, -0.05) is 0 Å². The standard InChI is InChI=1S/C11H16N4O2/c1-7-8(2)14-10(6-13-7)15-4-3-12-5-9(15)11(16)17/h6,9,12H,3-5H2,1-2H3,(H,16,17). The van der Waals surface area contributed by atoms with Gasteiger partial charge in [-0.05, 0) is 13.8 Å². The number of carbonyl (C=O) groups is 1. The van der Waals surface area contributed by atoms with Gasteiger partial charge in [-0.2, -0.15) is 0 Å². The molecule has 6 nitrogen and oxygen atoms in total. The van der Waals surface area contributed by atoms with Crippen LogP contribution in [-0.2, 0) is 4.79 Å². The van der Waals surface area contributed by atoms with Gasteiger partial charge < -0.3 is 15.3 Å². The van der Waals surface area contributed by atoms with Crippen molar-refractivity contribution in [1.29, 1.82) is 0 Å². The molecule has 0 bridgehead atoms. The van der Waals surface area contributed by atoms with Crippen LogP contribution in [0, 0.1) is 13.8 Å². The number of anilines is 1. The first-order valence-corrected chi connectivity index (χ1v) is 5.60. The molecule has 0 aromatic carbocycles. The number of aryl methyl sites for hydroxylation is 2. The number of rotatable bonds is 2. The number of carboxylic acids is 1. The molecule has 0 amide bonds. The van der Waals surface area contributed by atoms with Gasteiger partial charge in [0, 0.05) is 19.6 Å². The average molecular weight is 236 g/mol. The molecular formula is C11H16N4O2. The number of aromatic nitrogens is 2. The molecule has 2 rings (SSSR count). The van der Waals surface area contributed by atoms with E-state index in [1.807, 2.05) is 13.8 Å². The summed E-state index contributed by atoms with van der Waals surface area (Å²) in [6.45, 7) is 5.60. The maximum atomic E-state index is 11.2. The van der Waals surface area contributed by atoms with E-state index in [4.69, 9.17) is 5.11 Å². The Morgan fingerprint density at radius 2 is 2.29 bits per heavy atom. The Kier molecular flexibility index (Phi) is 3.23. The summed E-state index contributed by atoms with van der Waals surface area (Å²) >= 11 is 0. The van der Waals surface area contributed by atoms with Crippen LogP contribution >= 0.6 is 0 Å². The molecule has 2 heterocycles. The quantitative estimate of drug-likeness (QED) is 0.750. The fourth-order valence-corrected chi connectivity index (χ4v) is 1.87. The molecular weight excluding hydrogens is 220 g/mol. The van der Waals surface area contributed by atoms with Crippen molar-refractivity contribution in [2.75, 3.05) is 24.5 Å². The molecule has 17 heavy (non-hydrogen) atoms. The summed E-state index contributed by atoms with van der Waals surface area (Å²) in [5.74, 6) is -0.195. The minimum atomic E-state index is -0.836. The van der Waals surface area contributed by atoms with Crippen molar-refractivity contribution >= 4 is 11.8 Å². The van der Waals surface area contributed by atoms with E-state index >= 15 is 0 Å². The number of hydrogen-bond donors (Lipinski definition) is 2. The zero-order valence-corrected chi connectivity index (χ0v) is 9.97. The summed E-state index contributed by atoms with van der Waals surface area (Å²) in [4.78, 5) is 21.6. The average Bonchev–Trinajstić information content (AvgIpc) is 2.32. The fourth-order valence-electron chi connectivity index (χ4n) is 1.87. The van der Waals surface area contributed by atoms with E-state index in [-0.39, 0.29) is 0 Å². The molecule has 0 saturated carbocycles. The highest BCUT2D eigenvalue weighted by molar-refractivity contribution is 5.78. The fraction of sp³-hybridized carbons (Fsp3) is 0.545. The third-order valence-corrected chi connectivity index (χ3v) is 3.00. The van der Waals surface area contributed by atoms with E-state index < -0.39 is 12.0 Å². The van der Waals surface area contributed by atoms with Crippen molar-refractivity contribution in [3.8, 4) is 0 Å². The molecule has 1 aromatic heterocycles. The Morgan fingerprint density at radius 3 is 2.94 bits per heavy atom. The molecule has 0 radical (unpaired) electrons. The first-order chi connectivity index (χ1) is 8.09. The lowest BCUT2D eigenvalue weighted by atomic mass is 10.2. The van der Waals surface area contributed by atoms with E-state index in [9.17, 15) is 4.79 Å². The van der Waals surface area contributed by atoms with Crippen molar-refractivity contribution in [2.45, 2.75) is 19.9 Å². The van der Waals surface area contributed by atoms with Crippen LogP contribution in [0.1, 0.15) is 11.4 Å². The predicted molar refractivity (Wildman–Crippen MR) is 63.1 cm³/mol. The van der Waals surface area contributed by atoms with Crippen molar-refractivity contribution in [3.05, 3.63) is 17.6 Å². The first-order valence-electron chi connectivity index (χ1n) is 5.60. The molecule has 1 saturated heterocycles. The van der Waals surface area contributed by atoms with E-state index in [0.717, 1.165) is 17.9 Å². The zero-order valence-electron chi connectivity index (χ0n) is 9.97. The van der Waals surface area contributed by atoms with Crippen LogP contribution in [0.2, 0.25) is 0 Å². The topological polar surface area (TPSA) is 78.4 Å². The maximum Gasteiger partial charge on any atom is 0.327 e. The highest BCUT2D eigenvalue weighted by atomic mass is 16.4. The number of nitrogens with zero attached hydrogens (tertiary/aromatic N) is 3. The Morgan fingerprint density at radius 1 is 1.53 bits per heavy atom. The second-order valence-corrected chi connectivity index (χ2v) is 4.15.